The third-order valence-corrected chi connectivity index (χ3v) is 6.96. The summed E-state index contributed by atoms with van der Waals surface area (Å²) < 4.78 is 12.0. The molecule has 0 spiro atoms. The number of nitrogens with zero attached hydrogens (tertiary/aromatic N) is 2. The average Bonchev–Trinajstić information content (AvgIpc) is 3.42. The van der Waals surface area contributed by atoms with E-state index >= 15 is 0 Å². The normalized spacial score (nSPS) is 21.3. The molecule has 2 fully saturated rings. The summed E-state index contributed by atoms with van der Waals surface area (Å²) >= 11 is 0. The van der Waals surface area contributed by atoms with E-state index < -0.39 is 0 Å². The molecule has 2 saturated heterocycles. The van der Waals surface area contributed by atoms with E-state index in [0.29, 0.717) is 13.2 Å². The molecule has 2 aliphatic heterocycles. The summed E-state index contributed by atoms with van der Waals surface area (Å²) in [6.45, 7) is 11.2. The van der Waals surface area contributed by atoms with E-state index in [9.17, 15) is 10.2 Å². The summed E-state index contributed by atoms with van der Waals surface area (Å²) in [5.74, 6) is 1.82. The number of β-amino-alcohol motifs (C(OH)–C–C–N with tert-alkyl or cyclic N) is 2. The van der Waals surface area contributed by atoms with Gasteiger partial charge < -0.3 is 29.5 Å². The lowest BCUT2D eigenvalue weighted by atomic mass is 9.96. The highest BCUT2D eigenvalue weighted by atomic mass is 16.5. The first-order chi connectivity index (χ1) is 16.5. The van der Waals surface area contributed by atoms with Crippen molar-refractivity contribution < 1.29 is 19.7 Å². The fourth-order valence-corrected chi connectivity index (χ4v) is 5.04. The van der Waals surface area contributed by atoms with Gasteiger partial charge in [-0.2, -0.15) is 0 Å². The molecule has 0 amide bonds. The summed E-state index contributed by atoms with van der Waals surface area (Å²) in [6.07, 6.45) is 3.39. The Balaban J connectivity index is 1.24. The lowest BCUT2D eigenvalue weighted by molar-refractivity contribution is 0.172. The lowest BCUT2D eigenvalue weighted by Gasteiger charge is -2.16. The van der Waals surface area contributed by atoms with Crippen LogP contribution in [0.2, 0.25) is 0 Å². The van der Waals surface area contributed by atoms with Gasteiger partial charge in [0.25, 0.3) is 0 Å². The van der Waals surface area contributed by atoms with Crippen LogP contribution >= 0.6 is 0 Å². The van der Waals surface area contributed by atoms with Gasteiger partial charge >= 0.3 is 0 Å². The molecule has 6 heteroatoms. The van der Waals surface area contributed by atoms with Crippen LogP contribution < -0.4 is 9.47 Å². The average molecular weight is 469 g/mol. The van der Waals surface area contributed by atoms with Crippen molar-refractivity contribution in [1.82, 2.24) is 9.80 Å². The SMILES string of the molecule is Cc1cc(OCCCN2CCC(O)C2)ccc1-c1ccc(OCCCN2CCC(O)C2)cc1C. The van der Waals surface area contributed by atoms with E-state index in [1.54, 1.807) is 0 Å². The third-order valence-electron chi connectivity index (χ3n) is 6.96. The Morgan fingerprint density at radius 3 is 1.53 bits per heavy atom. The van der Waals surface area contributed by atoms with Crippen molar-refractivity contribution in [3.05, 3.63) is 47.5 Å². The van der Waals surface area contributed by atoms with Gasteiger partial charge in [0.1, 0.15) is 11.5 Å². The molecule has 2 unspecified atom stereocenters. The number of likely N-dealkylation sites (tertiary alicyclic amines) is 2. The highest BCUT2D eigenvalue weighted by Gasteiger charge is 2.20. The zero-order valence-corrected chi connectivity index (χ0v) is 20.7. The number of aliphatic hydroxyl groups excluding tert-OH is 2. The Bertz CT molecular complexity index is 859. The highest BCUT2D eigenvalue weighted by Crippen LogP contribution is 2.31. The largest absolute Gasteiger partial charge is 0.494 e. The van der Waals surface area contributed by atoms with Gasteiger partial charge in [-0.1, -0.05) is 12.1 Å². The summed E-state index contributed by atoms with van der Waals surface area (Å²) in [5, 5.41) is 19.2. The van der Waals surface area contributed by atoms with Crippen molar-refractivity contribution in [3.8, 4) is 22.6 Å². The number of hydrogen-bond acceptors (Lipinski definition) is 6. The molecule has 186 valence electrons. The Kier molecular flexibility index (Phi) is 8.84. The van der Waals surface area contributed by atoms with Gasteiger partial charge in [0.15, 0.2) is 0 Å². The van der Waals surface area contributed by atoms with Crippen molar-refractivity contribution in [1.29, 1.82) is 0 Å². The molecule has 0 aliphatic carbocycles. The molecule has 34 heavy (non-hydrogen) atoms. The topological polar surface area (TPSA) is 65.4 Å². The van der Waals surface area contributed by atoms with Crippen molar-refractivity contribution >= 4 is 0 Å². The molecule has 4 rings (SSSR count). The van der Waals surface area contributed by atoms with Crippen molar-refractivity contribution in [2.24, 2.45) is 0 Å². The first-order valence-electron chi connectivity index (χ1n) is 12.8. The smallest absolute Gasteiger partial charge is 0.119 e. The third kappa shape index (κ3) is 6.95. The van der Waals surface area contributed by atoms with Crippen molar-refractivity contribution in [3.63, 3.8) is 0 Å². The lowest BCUT2D eigenvalue weighted by Crippen LogP contribution is -2.24. The monoisotopic (exact) mass is 468 g/mol. The molecular weight excluding hydrogens is 428 g/mol. The highest BCUT2D eigenvalue weighted by molar-refractivity contribution is 5.72. The van der Waals surface area contributed by atoms with Crippen LogP contribution in [0.4, 0.5) is 0 Å². The minimum absolute atomic E-state index is 0.157. The molecule has 2 atom stereocenters. The van der Waals surface area contributed by atoms with Gasteiger partial charge in [-0.05, 0) is 86.1 Å². The van der Waals surface area contributed by atoms with Crippen LogP contribution in [0.1, 0.15) is 36.8 Å². The first kappa shape index (κ1) is 25.0. The van der Waals surface area contributed by atoms with Gasteiger partial charge in [-0.25, -0.2) is 0 Å². The molecule has 2 aromatic rings. The van der Waals surface area contributed by atoms with Crippen LogP contribution in [0.15, 0.2) is 36.4 Å². The van der Waals surface area contributed by atoms with Crippen LogP contribution in [0.3, 0.4) is 0 Å². The Morgan fingerprint density at radius 2 is 1.18 bits per heavy atom. The molecule has 2 N–H and O–H groups in total. The summed E-state index contributed by atoms with van der Waals surface area (Å²) in [5.41, 5.74) is 4.83. The number of ether oxygens (including phenoxy) is 2. The zero-order valence-electron chi connectivity index (χ0n) is 20.7. The van der Waals surface area contributed by atoms with Crippen molar-refractivity contribution in [2.75, 3.05) is 52.5 Å². The van der Waals surface area contributed by atoms with Crippen LogP contribution in [0.25, 0.3) is 11.1 Å². The quantitative estimate of drug-likeness (QED) is 0.491. The molecule has 2 aromatic carbocycles. The molecule has 2 heterocycles. The van der Waals surface area contributed by atoms with E-state index in [2.05, 4.69) is 60.0 Å². The van der Waals surface area contributed by atoms with Crippen molar-refractivity contribution in [2.45, 2.75) is 51.7 Å². The molecule has 0 aromatic heterocycles. The maximum atomic E-state index is 9.62. The number of aryl methyl sites for hydroxylation is 2. The number of hydrogen-bond donors (Lipinski definition) is 2. The standard InChI is InChI=1S/C28H40N2O4/c1-21-17-25(33-15-3-11-29-13-9-23(31)19-29)5-7-27(21)28-8-6-26(18-22(28)2)34-16-4-12-30-14-10-24(32)20-30/h5-8,17-18,23-24,31-32H,3-4,9-16,19-20H2,1-2H3. The van der Waals surface area contributed by atoms with Crippen LogP contribution in [-0.2, 0) is 0 Å². The molecule has 0 radical (unpaired) electrons. The summed E-state index contributed by atoms with van der Waals surface area (Å²) in [7, 11) is 0. The van der Waals surface area contributed by atoms with Crippen LogP contribution in [-0.4, -0.2) is 84.7 Å². The van der Waals surface area contributed by atoms with E-state index in [-0.39, 0.29) is 12.2 Å². The van der Waals surface area contributed by atoms with Gasteiger partial charge in [-0.15, -0.1) is 0 Å². The van der Waals surface area contributed by atoms with Crippen LogP contribution in [0, 0.1) is 13.8 Å². The summed E-state index contributed by atoms with van der Waals surface area (Å²) in [6, 6.07) is 12.6. The number of rotatable bonds is 11. The van der Waals surface area contributed by atoms with Crippen LogP contribution in [0.5, 0.6) is 11.5 Å². The first-order valence-corrected chi connectivity index (χ1v) is 12.8. The number of aliphatic hydroxyl groups is 2. The Morgan fingerprint density at radius 1 is 0.735 bits per heavy atom. The Hall–Kier alpha value is -2.12. The predicted octanol–water partition coefficient (Wildman–Crippen LogP) is 3.64. The fraction of sp³-hybridized carbons (Fsp3) is 0.571. The summed E-state index contributed by atoms with van der Waals surface area (Å²) in [4.78, 5) is 4.61. The second-order valence-corrected chi connectivity index (χ2v) is 9.84. The second-order valence-electron chi connectivity index (χ2n) is 9.84. The molecule has 2 aliphatic rings. The predicted molar refractivity (Wildman–Crippen MR) is 136 cm³/mol. The maximum Gasteiger partial charge on any atom is 0.119 e. The van der Waals surface area contributed by atoms with E-state index in [1.807, 2.05) is 0 Å². The number of benzene rings is 2. The van der Waals surface area contributed by atoms with Gasteiger partial charge in [0.2, 0.25) is 0 Å². The van der Waals surface area contributed by atoms with E-state index in [0.717, 1.165) is 76.5 Å². The van der Waals surface area contributed by atoms with E-state index in [4.69, 9.17) is 9.47 Å². The molecule has 0 saturated carbocycles. The zero-order chi connectivity index (χ0) is 23.9. The van der Waals surface area contributed by atoms with Gasteiger partial charge in [0.05, 0.1) is 25.4 Å². The van der Waals surface area contributed by atoms with Gasteiger partial charge in [0, 0.05) is 39.3 Å². The minimum atomic E-state index is -0.157. The molecular formula is C28H40N2O4. The maximum absolute atomic E-state index is 9.62. The minimum Gasteiger partial charge on any atom is -0.494 e. The Labute approximate surface area is 204 Å². The van der Waals surface area contributed by atoms with Gasteiger partial charge in [-0.3, -0.25) is 0 Å². The molecule has 6 nitrogen and oxygen atoms in total. The fourth-order valence-electron chi connectivity index (χ4n) is 5.04. The second kappa shape index (κ2) is 12.0. The molecule has 0 bridgehead atoms. The van der Waals surface area contributed by atoms with E-state index in [1.165, 1.54) is 22.3 Å².